The van der Waals surface area contributed by atoms with Crippen molar-refractivity contribution in [1.29, 1.82) is 0 Å². The Kier molecular flexibility index (Phi) is 5.65. The van der Waals surface area contributed by atoms with Gasteiger partial charge in [-0.15, -0.1) is 0 Å². The van der Waals surface area contributed by atoms with Crippen LogP contribution in [0.15, 0.2) is 65.8 Å². The molecule has 1 aliphatic rings. The van der Waals surface area contributed by atoms with Gasteiger partial charge < -0.3 is 4.57 Å². The molecule has 0 saturated heterocycles. The van der Waals surface area contributed by atoms with Gasteiger partial charge in [-0.05, 0) is 49.6 Å². The highest BCUT2D eigenvalue weighted by atomic mass is 32.2. The van der Waals surface area contributed by atoms with E-state index < -0.39 is 21.8 Å². The van der Waals surface area contributed by atoms with Crippen molar-refractivity contribution in [1.82, 2.24) is 13.9 Å². The summed E-state index contributed by atoms with van der Waals surface area (Å²) in [6, 6.07) is 11.7. The second kappa shape index (κ2) is 8.12. The Morgan fingerprint density at radius 2 is 1.84 bits per heavy atom. The summed E-state index contributed by atoms with van der Waals surface area (Å²) in [7, 11) is -3.72. The van der Waals surface area contributed by atoms with E-state index >= 15 is 0 Å². The fourth-order valence-corrected chi connectivity index (χ4v) is 5.08. The van der Waals surface area contributed by atoms with E-state index in [1.54, 1.807) is 41.1 Å². The van der Waals surface area contributed by atoms with Gasteiger partial charge in [0.05, 0.1) is 17.0 Å². The summed E-state index contributed by atoms with van der Waals surface area (Å²) in [6.45, 7) is 2.12. The van der Waals surface area contributed by atoms with Crippen molar-refractivity contribution in [2.24, 2.45) is 0 Å². The van der Waals surface area contributed by atoms with Gasteiger partial charge in [-0.3, -0.25) is 0 Å². The summed E-state index contributed by atoms with van der Waals surface area (Å²) in [5, 5.41) is 0. The molecule has 9 heteroatoms. The van der Waals surface area contributed by atoms with E-state index in [1.807, 2.05) is 6.92 Å². The normalized spacial score (nSPS) is 14.9. The van der Waals surface area contributed by atoms with Gasteiger partial charge >= 0.3 is 6.18 Å². The minimum atomic E-state index is -4.42. The number of alkyl halides is 3. The van der Waals surface area contributed by atoms with Crippen molar-refractivity contribution in [2.45, 2.75) is 50.0 Å². The quantitative estimate of drug-likeness (QED) is 0.529. The Hall–Kier alpha value is -2.65. The molecule has 0 bridgehead atoms. The summed E-state index contributed by atoms with van der Waals surface area (Å²) in [6.07, 6.45) is 0.323. The summed E-state index contributed by atoms with van der Waals surface area (Å²) in [5.41, 5.74) is 0.718. The average Bonchev–Trinajstić information content (AvgIpc) is 3.46. The number of sulfonamides is 1. The van der Waals surface area contributed by atoms with Crippen molar-refractivity contribution in [3.63, 3.8) is 0 Å². The standard InChI is InChI=1S/C22H22F3N3O2S/c1-16-5-9-20(10-6-16)31(29,30)28(19-7-8-19)15-21-26-11-12-27(21)14-17-3-2-4-18(13-17)22(23,24)25/h2-6,9-13,19H,7-8,14-15H2,1H3. The molecule has 164 valence electrons. The molecule has 3 aromatic rings. The predicted molar refractivity (Wildman–Crippen MR) is 110 cm³/mol. The lowest BCUT2D eigenvalue weighted by molar-refractivity contribution is -0.137. The van der Waals surface area contributed by atoms with E-state index in [1.165, 1.54) is 16.6 Å². The zero-order valence-electron chi connectivity index (χ0n) is 16.9. The first-order chi connectivity index (χ1) is 14.6. The molecule has 0 spiro atoms. The maximum Gasteiger partial charge on any atom is 0.416 e. The van der Waals surface area contributed by atoms with Crippen LogP contribution in [-0.2, 0) is 29.3 Å². The number of benzene rings is 2. The molecule has 0 radical (unpaired) electrons. The second-order valence-corrected chi connectivity index (χ2v) is 9.65. The highest BCUT2D eigenvalue weighted by Crippen LogP contribution is 2.34. The Morgan fingerprint density at radius 3 is 2.48 bits per heavy atom. The van der Waals surface area contributed by atoms with E-state index in [0.29, 0.717) is 11.4 Å². The van der Waals surface area contributed by atoms with Crippen molar-refractivity contribution in [3.8, 4) is 0 Å². The number of aryl methyl sites for hydroxylation is 1. The van der Waals surface area contributed by atoms with Crippen LogP contribution in [0.2, 0.25) is 0 Å². The van der Waals surface area contributed by atoms with E-state index in [9.17, 15) is 21.6 Å². The maximum absolute atomic E-state index is 13.2. The van der Waals surface area contributed by atoms with Gasteiger partial charge in [0.1, 0.15) is 5.82 Å². The number of nitrogens with zero attached hydrogens (tertiary/aromatic N) is 3. The summed E-state index contributed by atoms with van der Waals surface area (Å²) >= 11 is 0. The molecule has 0 unspecified atom stereocenters. The molecule has 31 heavy (non-hydrogen) atoms. The highest BCUT2D eigenvalue weighted by molar-refractivity contribution is 7.89. The topological polar surface area (TPSA) is 55.2 Å². The lowest BCUT2D eigenvalue weighted by atomic mass is 10.1. The fraction of sp³-hybridized carbons (Fsp3) is 0.318. The molecule has 1 aromatic heterocycles. The van der Waals surface area contributed by atoms with Crippen molar-refractivity contribution >= 4 is 10.0 Å². The third kappa shape index (κ3) is 4.83. The predicted octanol–water partition coefficient (Wildman–Crippen LogP) is 4.61. The number of aromatic nitrogens is 2. The van der Waals surface area contributed by atoms with Crippen molar-refractivity contribution in [3.05, 3.63) is 83.4 Å². The number of hydrogen-bond donors (Lipinski definition) is 0. The van der Waals surface area contributed by atoms with E-state index in [2.05, 4.69) is 4.98 Å². The Balaban J connectivity index is 1.59. The van der Waals surface area contributed by atoms with Crippen molar-refractivity contribution in [2.75, 3.05) is 0 Å². The molecular formula is C22H22F3N3O2S. The van der Waals surface area contributed by atoms with Crippen LogP contribution in [-0.4, -0.2) is 28.3 Å². The van der Waals surface area contributed by atoms with Crippen LogP contribution in [0.25, 0.3) is 0 Å². The van der Waals surface area contributed by atoms with Gasteiger partial charge in [0.2, 0.25) is 10.0 Å². The molecule has 1 heterocycles. The number of rotatable bonds is 7. The molecular weight excluding hydrogens is 427 g/mol. The summed E-state index contributed by atoms with van der Waals surface area (Å²) < 4.78 is 68.7. The van der Waals surface area contributed by atoms with Crippen LogP contribution in [0.3, 0.4) is 0 Å². The minimum Gasteiger partial charge on any atom is -0.329 e. The Bertz CT molecular complexity index is 1170. The molecule has 0 aliphatic heterocycles. The largest absolute Gasteiger partial charge is 0.416 e. The number of halogens is 3. The SMILES string of the molecule is Cc1ccc(S(=O)(=O)N(Cc2nccn2Cc2cccc(C(F)(F)F)c2)C2CC2)cc1. The zero-order valence-corrected chi connectivity index (χ0v) is 17.7. The zero-order chi connectivity index (χ0) is 22.2. The second-order valence-electron chi connectivity index (χ2n) is 7.76. The third-order valence-electron chi connectivity index (χ3n) is 5.29. The molecule has 4 rings (SSSR count). The van der Waals surface area contributed by atoms with Crippen LogP contribution in [0.1, 0.15) is 35.4 Å². The number of imidazole rings is 1. The van der Waals surface area contributed by atoms with Crippen LogP contribution >= 0.6 is 0 Å². The van der Waals surface area contributed by atoms with Crippen LogP contribution < -0.4 is 0 Å². The first kappa shape index (κ1) is 21.6. The first-order valence-corrected chi connectivity index (χ1v) is 11.3. The number of hydrogen-bond acceptors (Lipinski definition) is 3. The highest BCUT2D eigenvalue weighted by Gasteiger charge is 2.39. The fourth-order valence-electron chi connectivity index (χ4n) is 3.44. The molecule has 1 saturated carbocycles. The van der Waals surface area contributed by atoms with Crippen LogP contribution in [0.5, 0.6) is 0 Å². The molecule has 1 fully saturated rings. The summed E-state index contributed by atoms with van der Waals surface area (Å²) in [4.78, 5) is 4.51. The van der Waals surface area contributed by atoms with Crippen LogP contribution in [0, 0.1) is 6.92 Å². The van der Waals surface area contributed by atoms with Gasteiger partial charge in [0.25, 0.3) is 0 Å². The van der Waals surface area contributed by atoms with Gasteiger partial charge in [0.15, 0.2) is 0 Å². The van der Waals surface area contributed by atoms with Crippen LogP contribution in [0.4, 0.5) is 13.2 Å². The molecule has 5 nitrogen and oxygen atoms in total. The maximum atomic E-state index is 13.2. The Morgan fingerprint density at radius 1 is 1.13 bits per heavy atom. The molecule has 2 aromatic carbocycles. The van der Waals surface area contributed by atoms with Crippen molar-refractivity contribution < 1.29 is 21.6 Å². The molecule has 0 atom stereocenters. The van der Waals surface area contributed by atoms with E-state index in [-0.39, 0.29) is 24.0 Å². The minimum absolute atomic E-state index is 0.0623. The third-order valence-corrected chi connectivity index (χ3v) is 7.20. The lowest BCUT2D eigenvalue weighted by Crippen LogP contribution is -2.33. The molecule has 0 N–H and O–H groups in total. The average molecular weight is 449 g/mol. The van der Waals surface area contributed by atoms with Gasteiger partial charge in [-0.2, -0.15) is 17.5 Å². The smallest absolute Gasteiger partial charge is 0.329 e. The van der Waals surface area contributed by atoms with Gasteiger partial charge in [0, 0.05) is 25.0 Å². The Labute approximate surface area is 179 Å². The van der Waals surface area contributed by atoms with Gasteiger partial charge in [-0.1, -0.05) is 29.8 Å². The molecule has 1 aliphatic carbocycles. The van der Waals surface area contributed by atoms with Gasteiger partial charge in [-0.25, -0.2) is 13.4 Å². The lowest BCUT2D eigenvalue weighted by Gasteiger charge is -2.22. The summed E-state index contributed by atoms with van der Waals surface area (Å²) in [5.74, 6) is 0.486. The first-order valence-electron chi connectivity index (χ1n) is 9.89. The van der Waals surface area contributed by atoms with E-state index in [0.717, 1.165) is 30.5 Å². The van der Waals surface area contributed by atoms with E-state index in [4.69, 9.17) is 0 Å². The molecule has 0 amide bonds. The monoisotopic (exact) mass is 449 g/mol.